The van der Waals surface area contributed by atoms with Gasteiger partial charge in [0.2, 0.25) is 0 Å². The fourth-order valence-electron chi connectivity index (χ4n) is 1.46. The minimum atomic E-state index is -0.0538. The predicted molar refractivity (Wildman–Crippen MR) is 63.6 cm³/mol. The second kappa shape index (κ2) is 5.04. The quantitative estimate of drug-likeness (QED) is 0.727. The Morgan fingerprint density at radius 1 is 1.40 bits per heavy atom. The van der Waals surface area contributed by atoms with Crippen LogP contribution < -0.4 is 5.56 Å². The topological polar surface area (TPSA) is 47.4 Å². The number of aromatic nitrogens is 2. The molecule has 0 aromatic carbocycles. The Morgan fingerprint density at radius 2 is 2.13 bits per heavy atom. The molecule has 1 aliphatic rings. The van der Waals surface area contributed by atoms with E-state index in [0.29, 0.717) is 6.67 Å². The summed E-state index contributed by atoms with van der Waals surface area (Å²) in [7, 11) is 0. The van der Waals surface area contributed by atoms with Crippen LogP contribution in [0.2, 0.25) is 0 Å². The third kappa shape index (κ3) is 2.99. The van der Waals surface area contributed by atoms with Crippen LogP contribution in [0.1, 0.15) is 0 Å². The maximum absolute atomic E-state index is 11.5. The van der Waals surface area contributed by atoms with Crippen molar-refractivity contribution in [3.8, 4) is 0 Å². The SMILES string of the molecule is O=c1ccc(I)nn1CN1CCOCC1. The lowest BCUT2D eigenvalue weighted by molar-refractivity contribution is 0.0203. The molecule has 0 unspecified atom stereocenters. The lowest BCUT2D eigenvalue weighted by atomic mass is 10.4. The Balaban J connectivity index is 2.09. The summed E-state index contributed by atoms with van der Waals surface area (Å²) < 4.78 is 7.57. The minimum absolute atomic E-state index is 0.0538. The zero-order valence-corrected chi connectivity index (χ0v) is 10.4. The number of morpholine rings is 1. The van der Waals surface area contributed by atoms with Gasteiger partial charge in [0.1, 0.15) is 3.70 Å². The fourth-order valence-corrected chi connectivity index (χ4v) is 1.90. The normalized spacial score (nSPS) is 17.9. The summed E-state index contributed by atoms with van der Waals surface area (Å²) in [6.45, 7) is 3.75. The van der Waals surface area contributed by atoms with E-state index in [2.05, 4.69) is 32.6 Å². The molecule has 1 aromatic heterocycles. The largest absolute Gasteiger partial charge is 0.379 e. The Morgan fingerprint density at radius 3 is 2.87 bits per heavy atom. The maximum atomic E-state index is 11.5. The van der Waals surface area contributed by atoms with Crippen molar-refractivity contribution in [1.29, 1.82) is 0 Å². The van der Waals surface area contributed by atoms with Crippen LogP contribution in [-0.2, 0) is 11.4 Å². The molecule has 0 saturated carbocycles. The maximum Gasteiger partial charge on any atom is 0.268 e. The van der Waals surface area contributed by atoms with Gasteiger partial charge in [-0.1, -0.05) is 0 Å². The standard InChI is InChI=1S/C9H12IN3O2/c10-8-1-2-9(14)13(11-8)7-12-3-5-15-6-4-12/h1-2H,3-7H2. The van der Waals surface area contributed by atoms with Gasteiger partial charge in [0, 0.05) is 19.2 Å². The van der Waals surface area contributed by atoms with Crippen LogP contribution in [0.4, 0.5) is 0 Å². The number of hydrogen-bond acceptors (Lipinski definition) is 4. The van der Waals surface area contributed by atoms with Gasteiger partial charge < -0.3 is 4.74 Å². The summed E-state index contributed by atoms with van der Waals surface area (Å²) >= 11 is 2.10. The van der Waals surface area contributed by atoms with Crippen molar-refractivity contribution in [2.75, 3.05) is 26.3 Å². The van der Waals surface area contributed by atoms with Gasteiger partial charge in [-0.2, -0.15) is 5.10 Å². The first kappa shape index (κ1) is 11.0. The predicted octanol–water partition coefficient (Wildman–Crippen LogP) is 0.138. The van der Waals surface area contributed by atoms with E-state index in [1.54, 1.807) is 12.1 Å². The summed E-state index contributed by atoms with van der Waals surface area (Å²) in [5.74, 6) is 0. The van der Waals surface area contributed by atoms with Gasteiger partial charge in [0.15, 0.2) is 0 Å². The van der Waals surface area contributed by atoms with Gasteiger partial charge in [-0.05, 0) is 28.7 Å². The molecule has 0 bridgehead atoms. The lowest BCUT2D eigenvalue weighted by Gasteiger charge is -2.26. The second-order valence-corrected chi connectivity index (χ2v) is 4.47. The highest BCUT2D eigenvalue weighted by Crippen LogP contribution is 1.99. The molecular weight excluding hydrogens is 309 g/mol. The third-order valence-electron chi connectivity index (χ3n) is 2.27. The van der Waals surface area contributed by atoms with Crippen LogP contribution in [0.5, 0.6) is 0 Å². The lowest BCUT2D eigenvalue weighted by Crippen LogP contribution is -2.40. The minimum Gasteiger partial charge on any atom is -0.379 e. The van der Waals surface area contributed by atoms with Crippen molar-refractivity contribution >= 4 is 22.6 Å². The van der Waals surface area contributed by atoms with Crippen LogP contribution in [0, 0.1) is 3.70 Å². The van der Waals surface area contributed by atoms with Crippen molar-refractivity contribution in [3.63, 3.8) is 0 Å². The van der Waals surface area contributed by atoms with Crippen LogP contribution in [0.15, 0.2) is 16.9 Å². The first-order chi connectivity index (χ1) is 7.25. The van der Waals surface area contributed by atoms with E-state index in [4.69, 9.17) is 4.74 Å². The molecular formula is C9H12IN3O2. The summed E-state index contributed by atoms with van der Waals surface area (Å²) in [5, 5.41) is 4.18. The third-order valence-corrected chi connectivity index (χ3v) is 2.85. The summed E-state index contributed by atoms with van der Waals surface area (Å²) in [6.07, 6.45) is 0. The molecule has 2 heterocycles. The molecule has 82 valence electrons. The number of ether oxygens (including phenoxy) is 1. The van der Waals surface area contributed by atoms with Crippen molar-refractivity contribution in [2.24, 2.45) is 0 Å². The molecule has 15 heavy (non-hydrogen) atoms. The van der Waals surface area contributed by atoms with E-state index in [1.807, 2.05) is 0 Å². The molecule has 0 radical (unpaired) electrons. The number of hydrogen-bond donors (Lipinski definition) is 0. The van der Waals surface area contributed by atoms with E-state index in [1.165, 1.54) is 4.68 Å². The number of nitrogens with zero attached hydrogens (tertiary/aromatic N) is 3. The highest BCUT2D eigenvalue weighted by Gasteiger charge is 2.11. The van der Waals surface area contributed by atoms with E-state index in [9.17, 15) is 4.79 Å². The van der Waals surface area contributed by atoms with Crippen molar-refractivity contribution in [3.05, 3.63) is 26.2 Å². The molecule has 1 fully saturated rings. The van der Waals surface area contributed by atoms with E-state index < -0.39 is 0 Å². The first-order valence-corrected chi connectivity index (χ1v) is 5.87. The first-order valence-electron chi connectivity index (χ1n) is 4.79. The zero-order chi connectivity index (χ0) is 10.7. The van der Waals surface area contributed by atoms with Gasteiger partial charge >= 0.3 is 0 Å². The van der Waals surface area contributed by atoms with Crippen molar-refractivity contribution in [2.45, 2.75) is 6.67 Å². The molecule has 0 spiro atoms. The van der Waals surface area contributed by atoms with E-state index in [-0.39, 0.29) is 5.56 Å². The van der Waals surface area contributed by atoms with Crippen LogP contribution in [-0.4, -0.2) is 41.0 Å². The fraction of sp³-hybridized carbons (Fsp3) is 0.556. The summed E-state index contributed by atoms with van der Waals surface area (Å²) in [6, 6.07) is 3.27. The highest BCUT2D eigenvalue weighted by molar-refractivity contribution is 14.1. The summed E-state index contributed by atoms with van der Waals surface area (Å²) in [5.41, 5.74) is -0.0538. The monoisotopic (exact) mass is 321 g/mol. The molecule has 6 heteroatoms. The molecule has 0 N–H and O–H groups in total. The molecule has 1 aliphatic heterocycles. The van der Waals surface area contributed by atoms with Gasteiger partial charge in [-0.25, -0.2) is 4.68 Å². The van der Waals surface area contributed by atoms with E-state index in [0.717, 1.165) is 30.0 Å². The molecule has 0 aliphatic carbocycles. The van der Waals surface area contributed by atoms with Crippen molar-refractivity contribution in [1.82, 2.24) is 14.7 Å². The number of rotatable bonds is 2. The zero-order valence-electron chi connectivity index (χ0n) is 8.23. The summed E-state index contributed by atoms with van der Waals surface area (Å²) in [4.78, 5) is 13.6. The molecule has 0 atom stereocenters. The van der Waals surface area contributed by atoms with Gasteiger partial charge in [-0.3, -0.25) is 9.69 Å². The molecule has 5 nitrogen and oxygen atoms in total. The van der Waals surface area contributed by atoms with E-state index >= 15 is 0 Å². The Kier molecular flexibility index (Phi) is 3.71. The number of halogens is 1. The van der Waals surface area contributed by atoms with Gasteiger partial charge in [0.25, 0.3) is 5.56 Å². The molecule has 2 rings (SSSR count). The average molecular weight is 321 g/mol. The average Bonchev–Trinajstić information content (AvgIpc) is 2.25. The Bertz CT molecular complexity index is 387. The van der Waals surface area contributed by atoms with Gasteiger partial charge in [-0.15, -0.1) is 0 Å². The molecule has 0 amide bonds. The van der Waals surface area contributed by atoms with Crippen molar-refractivity contribution < 1.29 is 4.74 Å². The van der Waals surface area contributed by atoms with Crippen LogP contribution >= 0.6 is 22.6 Å². The van der Waals surface area contributed by atoms with Gasteiger partial charge in [0.05, 0.1) is 19.9 Å². The Labute approximate surface area is 101 Å². The second-order valence-electron chi connectivity index (χ2n) is 3.37. The highest BCUT2D eigenvalue weighted by atomic mass is 127. The Hall–Kier alpha value is -0.470. The molecule has 1 aromatic rings. The smallest absolute Gasteiger partial charge is 0.268 e. The molecule has 1 saturated heterocycles. The van der Waals surface area contributed by atoms with Crippen LogP contribution in [0.25, 0.3) is 0 Å². The van der Waals surface area contributed by atoms with Crippen LogP contribution in [0.3, 0.4) is 0 Å².